The molecule has 7 nitrogen and oxygen atoms in total. The molecule has 0 aliphatic carbocycles. The van der Waals surface area contributed by atoms with Gasteiger partial charge in [0.2, 0.25) is 0 Å². The third-order valence-electron chi connectivity index (χ3n) is 4.34. The second-order valence-electron chi connectivity index (χ2n) is 7.40. The molecule has 0 rings (SSSR count). The fourth-order valence-corrected chi connectivity index (χ4v) is 9.39. The summed E-state index contributed by atoms with van der Waals surface area (Å²) in [5, 5.41) is 0. The van der Waals surface area contributed by atoms with Crippen molar-refractivity contribution in [2.75, 3.05) is 39.6 Å². The Morgan fingerprint density at radius 1 is 0.700 bits per heavy atom. The van der Waals surface area contributed by atoms with Crippen molar-refractivity contribution in [3.8, 4) is 0 Å². The lowest BCUT2D eigenvalue weighted by atomic mass is 10.1. The molecule has 0 aliphatic heterocycles. The largest absolute Gasteiger partial charge is 0.526 e. The van der Waals surface area contributed by atoms with Gasteiger partial charge in [-0.15, -0.1) is 0 Å². The highest BCUT2D eigenvalue weighted by atomic mass is 28.4. The summed E-state index contributed by atoms with van der Waals surface area (Å²) in [5.41, 5.74) is 0.867. The van der Waals surface area contributed by atoms with Crippen molar-refractivity contribution in [2.24, 2.45) is 10.9 Å². The summed E-state index contributed by atoms with van der Waals surface area (Å²) in [5.74, 6) is 0.528. The molecule has 0 heterocycles. The summed E-state index contributed by atoms with van der Waals surface area (Å²) in [6.07, 6.45) is 1.60. The van der Waals surface area contributed by atoms with Crippen molar-refractivity contribution in [1.82, 2.24) is 0 Å². The Hall–Kier alpha value is -0.136. The molecule has 0 aromatic heterocycles. The van der Waals surface area contributed by atoms with Gasteiger partial charge in [0, 0.05) is 51.4 Å². The second kappa shape index (κ2) is 16.5. The van der Waals surface area contributed by atoms with E-state index >= 15 is 0 Å². The lowest BCUT2D eigenvalue weighted by molar-refractivity contribution is 0.0575. The molecule has 0 bridgehead atoms. The molecule has 0 fully saturated rings. The first-order valence-electron chi connectivity index (χ1n) is 11.6. The third kappa shape index (κ3) is 10.5. The maximum Gasteiger partial charge on any atom is 0.526 e. The monoisotopic (exact) mass is 465 g/mol. The van der Waals surface area contributed by atoms with Gasteiger partial charge in [-0.2, -0.15) is 0 Å². The van der Waals surface area contributed by atoms with Crippen molar-refractivity contribution in [3.63, 3.8) is 0 Å². The van der Waals surface area contributed by atoms with Crippen LogP contribution in [-0.2, 0) is 26.6 Å². The maximum atomic E-state index is 6.20. The predicted octanol–water partition coefficient (Wildman–Crippen LogP) is 4.89. The van der Waals surface area contributed by atoms with E-state index in [0.717, 1.165) is 12.1 Å². The van der Waals surface area contributed by atoms with Crippen LogP contribution in [0.2, 0.25) is 6.04 Å². The van der Waals surface area contributed by atoms with E-state index in [9.17, 15) is 0 Å². The molecule has 0 aliphatic rings. The minimum Gasteiger partial charge on any atom is -0.374 e. The van der Waals surface area contributed by atoms with Crippen LogP contribution in [0.25, 0.3) is 0 Å². The number of hydrogen-bond acceptors (Lipinski definition) is 7. The predicted molar refractivity (Wildman–Crippen MR) is 127 cm³/mol. The van der Waals surface area contributed by atoms with Gasteiger partial charge in [-0.3, -0.25) is 4.99 Å². The Balaban J connectivity index is 6.00. The molecule has 0 aromatic carbocycles. The van der Waals surface area contributed by atoms with Crippen molar-refractivity contribution < 1.29 is 26.6 Å². The van der Waals surface area contributed by atoms with Crippen LogP contribution in [-0.4, -0.2) is 68.6 Å². The van der Waals surface area contributed by atoms with Crippen LogP contribution in [0.1, 0.15) is 75.2 Å². The maximum absolute atomic E-state index is 6.20. The zero-order valence-corrected chi connectivity index (χ0v) is 22.9. The molecule has 30 heavy (non-hydrogen) atoms. The van der Waals surface area contributed by atoms with Crippen molar-refractivity contribution >= 4 is 23.3 Å². The molecule has 0 spiro atoms. The van der Waals surface area contributed by atoms with Gasteiger partial charge in [0.25, 0.3) is 0 Å². The molecular weight excluding hydrogens is 418 g/mol. The van der Waals surface area contributed by atoms with E-state index < -0.39 is 17.6 Å². The summed E-state index contributed by atoms with van der Waals surface area (Å²) in [6, 6.07) is 0.646. The first-order valence-corrected chi connectivity index (χ1v) is 15.4. The quantitative estimate of drug-likeness (QED) is 0.200. The highest BCUT2D eigenvalue weighted by Crippen LogP contribution is 2.27. The van der Waals surface area contributed by atoms with Crippen LogP contribution in [0, 0.1) is 5.92 Å². The molecule has 0 N–H and O–H groups in total. The standard InChI is InChI=1S/C21H47NO6Si2/c1-10-23-29(24-11-2,25-12-3)17-16-21(22-20(9)18-19(7)8)30(26-13-4,27-14-5)28-15-6/h19,21H,10-18H2,1-9H3. The first-order chi connectivity index (χ1) is 14.3. The fraction of sp³-hybridized carbons (Fsp3) is 0.952. The average molecular weight is 466 g/mol. The topological polar surface area (TPSA) is 67.7 Å². The normalized spacial score (nSPS) is 14.5. The molecular formula is C21H47NO6Si2. The van der Waals surface area contributed by atoms with Gasteiger partial charge in [0.1, 0.15) is 5.67 Å². The van der Waals surface area contributed by atoms with Gasteiger partial charge < -0.3 is 26.6 Å². The van der Waals surface area contributed by atoms with E-state index in [1.807, 2.05) is 41.5 Å². The van der Waals surface area contributed by atoms with Gasteiger partial charge in [0.15, 0.2) is 0 Å². The number of hydrogen-bond donors (Lipinski definition) is 0. The van der Waals surface area contributed by atoms with Crippen LogP contribution in [0.4, 0.5) is 0 Å². The lowest BCUT2D eigenvalue weighted by Gasteiger charge is -2.35. The Morgan fingerprint density at radius 3 is 1.43 bits per heavy atom. The van der Waals surface area contributed by atoms with Gasteiger partial charge in [-0.25, -0.2) is 0 Å². The molecule has 1 unspecified atom stereocenters. The third-order valence-corrected chi connectivity index (χ3v) is 10.7. The molecule has 9 heteroatoms. The minimum absolute atomic E-state index is 0.218. The van der Waals surface area contributed by atoms with Crippen LogP contribution >= 0.6 is 0 Å². The van der Waals surface area contributed by atoms with Crippen LogP contribution in [0.5, 0.6) is 0 Å². The Morgan fingerprint density at radius 2 is 1.10 bits per heavy atom. The number of rotatable bonds is 19. The van der Waals surface area contributed by atoms with Gasteiger partial charge >= 0.3 is 17.6 Å². The summed E-state index contributed by atoms with van der Waals surface area (Å²) in [4.78, 5) is 5.09. The summed E-state index contributed by atoms with van der Waals surface area (Å²) >= 11 is 0. The summed E-state index contributed by atoms with van der Waals surface area (Å²) in [7, 11) is -5.84. The smallest absolute Gasteiger partial charge is 0.374 e. The summed E-state index contributed by atoms with van der Waals surface area (Å²) < 4.78 is 36.8. The van der Waals surface area contributed by atoms with Crippen LogP contribution < -0.4 is 0 Å². The molecule has 0 saturated carbocycles. The lowest BCUT2D eigenvalue weighted by Crippen LogP contribution is -2.57. The number of aliphatic imine (C=N–C) groups is 1. The van der Waals surface area contributed by atoms with Gasteiger partial charge in [-0.05, 0) is 67.2 Å². The Kier molecular flexibility index (Phi) is 16.4. The SMILES string of the molecule is CCO[Si](CCC(N=C(C)CC(C)C)[Si](OCC)(OCC)OCC)(OCC)OCC. The van der Waals surface area contributed by atoms with E-state index in [1.54, 1.807) is 0 Å². The van der Waals surface area contributed by atoms with Crippen molar-refractivity contribution in [3.05, 3.63) is 0 Å². The van der Waals surface area contributed by atoms with E-state index in [-0.39, 0.29) is 5.67 Å². The molecule has 0 saturated heterocycles. The van der Waals surface area contributed by atoms with Crippen molar-refractivity contribution in [1.29, 1.82) is 0 Å². The average Bonchev–Trinajstić information content (AvgIpc) is 2.65. The minimum atomic E-state index is -3.04. The zero-order valence-electron chi connectivity index (χ0n) is 20.9. The van der Waals surface area contributed by atoms with Gasteiger partial charge in [-0.1, -0.05) is 13.8 Å². The zero-order chi connectivity index (χ0) is 23.0. The molecule has 1 atom stereocenters. The number of nitrogens with zero attached hydrogens (tertiary/aromatic N) is 1. The highest BCUT2D eigenvalue weighted by molar-refractivity contribution is 6.64. The first kappa shape index (κ1) is 29.9. The molecule has 0 amide bonds. The van der Waals surface area contributed by atoms with E-state index in [1.165, 1.54) is 0 Å². The fourth-order valence-electron chi connectivity index (χ4n) is 3.56. The van der Waals surface area contributed by atoms with Crippen LogP contribution in [0.3, 0.4) is 0 Å². The second-order valence-corrected chi connectivity index (χ2v) is 12.9. The van der Waals surface area contributed by atoms with Crippen LogP contribution in [0.15, 0.2) is 4.99 Å². The molecule has 0 radical (unpaired) electrons. The van der Waals surface area contributed by atoms with E-state index in [0.29, 0.717) is 58.0 Å². The van der Waals surface area contributed by atoms with E-state index in [2.05, 4.69) is 20.8 Å². The Bertz CT molecular complexity index is 431. The van der Waals surface area contributed by atoms with Gasteiger partial charge in [0.05, 0.1) is 0 Å². The highest BCUT2D eigenvalue weighted by Gasteiger charge is 2.52. The summed E-state index contributed by atoms with van der Waals surface area (Å²) in [6.45, 7) is 21.5. The van der Waals surface area contributed by atoms with Crippen molar-refractivity contribution in [2.45, 2.75) is 86.9 Å². The molecule has 180 valence electrons. The molecule has 0 aromatic rings. The Labute approximate surface area is 187 Å². The van der Waals surface area contributed by atoms with E-state index in [4.69, 9.17) is 31.5 Å².